The van der Waals surface area contributed by atoms with E-state index in [9.17, 15) is 35.1 Å². The van der Waals surface area contributed by atoms with E-state index in [1.165, 1.54) is 6.07 Å². The Hall–Kier alpha value is -3.03. The number of carboxylic acid groups (broad SMARTS) is 1. The molecule has 1 aliphatic carbocycles. The molecule has 14 heteroatoms. The predicted octanol–water partition coefficient (Wildman–Crippen LogP) is 5.26. The second-order valence-corrected chi connectivity index (χ2v) is 8.85. The molecule has 1 aromatic carbocycles. The van der Waals surface area contributed by atoms with E-state index in [1.54, 1.807) is 0 Å². The van der Waals surface area contributed by atoms with Crippen LogP contribution >= 0.6 is 0 Å². The molecule has 1 aliphatic heterocycles. The van der Waals surface area contributed by atoms with Crippen molar-refractivity contribution in [1.82, 2.24) is 14.9 Å². The zero-order valence-electron chi connectivity index (χ0n) is 18.6. The van der Waals surface area contributed by atoms with Crippen LogP contribution in [0.1, 0.15) is 36.9 Å². The summed E-state index contributed by atoms with van der Waals surface area (Å²) < 4.78 is 97.2. The molecule has 1 spiro atoms. The molecule has 1 aromatic heterocycles. The summed E-state index contributed by atoms with van der Waals surface area (Å²) in [6.45, 7) is 1.95. The van der Waals surface area contributed by atoms with E-state index in [-0.39, 0.29) is 17.3 Å². The van der Waals surface area contributed by atoms with Crippen molar-refractivity contribution in [2.45, 2.75) is 50.6 Å². The summed E-state index contributed by atoms with van der Waals surface area (Å²) in [5, 5.41) is 10.2. The maximum Gasteiger partial charge on any atom is 0.490 e. The Kier molecular flexibility index (Phi) is 8.06. The minimum Gasteiger partial charge on any atom is -0.475 e. The molecule has 4 rings (SSSR count). The molecule has 198 valence electrons. The zero-order chi connectivity index (χ0) is 26.7. The van der Waals surface area contributed by atoms with Crippen LogP contribution in [0, 0.1) is 17.0 Å². The number of anilines is 1. The lowest BCUT2D eigenvalue weighted by atomic mass is 9.60. The van der Waals surface area contributed by atoms with E-state index in [2.05, 4.69) is 20.2 Å². The van der Waals surface area contributed by atoms with Gasteiger partial charge in [-0.1, -0.05) is 0 Å². The van der Waals surface area contributed by atoms with Crippen molar-refractivity contribution in [2.75, 3.05) is 18.4 Å². The molecule has 2 aromatic rings. The van der Waals surface area contributed by atoms with Crippen LogP contribution in [0.4, 0.5) is 40.9 Å². The van der Waals surface area contributed by atoms with Crippen molar-refractivity contribution in [3.05, 3.63) is 53.5 Å². The molecule has 0 bridgehead atoms. The second kappa shape index (κ2) is 10.5. The third kappa shape index (κ3) is 7.24. The highest BCUT2D eigenvalue weighted by molar-refractivity contribution is 5.73. The van der Waals surface area contributed by atoms with Crippen molar-refractivity contribution in [1.29, 1.82) is 0 Å². The quantitative estimate of drug-likeness (QED) is 0.529. The minimum absolute atomic E-state index is 0.0817. The first-order chi connectivity index (χ1) is 16.7. The molecule has 0 radical (unpaired) electrons. The summed E-state index contributed by atoms with van der Waals surface area (Å²) in [6.07, 6.45) is -5.07. The number of nitrogens with zero attached hydrogens (tertiary/aromatic N) is 3. The Morgan fingerprint density at radius 3 is 2.22 bits per heavy atom. The fraction of sp³-hybridized carbons (Fsp3) is 0.500. The number of alkyl halides is 6. The van der Waals surface area contributed by atoms with E-state index in [0.717, 1.165) is 63.3 Å². The van der Waals surface area contributed by atoms with Gasteiger partial charge in [-0.15, -0.1) is 0 Å². The van der Waals surface area contributed by atoms with E-state index in [4.69, 9.17) is 9.90 Å². The van der Waals surface area contributed by atoms with Gasteiger partial charge >= 0.3 is 18.3 Å². The molecule has 0 unspecified atom stereocenters. The van der Waals surface area contributed by atoms with Crippen LogP contribution in [0.15, 0.2) is 30.6 Å². The summed E-state index contributed by atoms with van der Waals surface area (Å²) in [5.74, 6) is -3.41. The third-order valence-electron chi connectivity index (χ3n) is 6.23. The number of carbonyl (C=O) groups is 1. The van der Waals surface area contributed by atoms with E-state index in [1.807, 2.05) is 0 Å². The molecule has 1 saturated carbocycles. The summed E-state index contributed by atoms with van der Waals surface area (Å²) in [5.41, 5.74) is -0.436. The van der Waals surface area contributed by atoms with Gasteiger partial charge in [0.05, 0.1) is 0 Å². The highest BCUT2D eigenvalue weighted by Crippen LogP contribution is 2.50. The van der Waals surface area contributed by atoms with Gasteiger partial charge < -0.3 is 10.4 Å². The lowest BCUT2D eigenvalue weighted by molar-refractivity contribution is -0.192. The largest absolute Gasteiger partial charge is 0.490 e. The average Bonchev–Trinajstić information content (AvgIpc) is 2.76. The molecule has 0 amide bonds. The first kappa shape index (κ1) is 27.6. The summed E-state index contributed by atoms with van der Waals surface area (Å²) in [7, 11) is 0. The Balaban J connectivity index is 0.000000454. The molecule has 2 heterocycles. The molecule has 2 fully saturated rings. The van der Waals surface area contributed by atoms with Crippen molar-refractivity contribution in [3.63, 3.8) is 0 Å². The van der Waals surface area contributed by atoms with Gasteiger partial charge in [0.2, 0.25) is 0 Å². The average molecular weight is 526 g/mol. The van der Waals surface area contributed by atoms with Gasteiger partial charge in [-0.25, -0.2) is 23.5 Å². The zero-order valence-corrected chi connectivity index (χ0v) is 18.6. The maximum atomic E-state index is 13.8. The number of aliphatic carboxylic acids is 1. The summed E-state index contributed by atoms with van der Waals surface area (Å²) in [6, 6.07) is 4.51. The Labute approximate surface area is 200 Å². The van der Waals surface area contributed by atoms with Crippen LogP contribution in [-0.2, 0) is 17.5 Å². The maximum absolute atomic E-state index is 13.8. The minimum atomic E-state index is -5.08. The molecule has 0 atom stereocenters. The van der Waals surface area contributed by atoms with Crippen LogP contribution in [0.2, 0.25) is 0 Å². The number of piperidine rings is 1. The van der Waals surface area contributed by atoms with Gasteiger partial charge in [0.25, 0.3) is 0 Å². The normalized spacial score (nSPS) is 18.2. The lowest BCUT2D eigenvalue weighted by Gasteiger charge is -2.52. The van der Waals surface area contributed by atoms with Gasteiger partial charge in [-0.3, -0.25) is 4.90 Å². The van der Waals surface area contributed by atoms with Crippen LogP contribution in [-0.4, -0.2) is 51.3 Å². The number of halogens is 8. The van der Waals surface area contributed by atoms with Gasteiger partial charge in [0.15, 0.2) is 0 Å². The van der Waals surface area contributed by atoms with Crippen molar-refractivity contribution in [3.8, 4) is 0 Å². The predicted molar refractivity (Wildman–Crippen MR) is 111 cm³/mol. The molecule has 36 heavy (non-hydrogen) atoms. The number of hydrogen-bond acceptors (Lipinski definition) is 5. The van der Waals surface area contributed by atoms with Gasteiger partial charge in [-0.2, -0.15) is 26.3 Å². The molecule has 1 saturated heterocycles. The number of rotatable bonds is 4. The molecular weight excluding hydrogens is 504 g/mol. The highest BCUT2D eigenvalue weighted by atomic mass is 19.4. The van der Waals surface area contributed by atoms with Crippen LogP contribution in [0.5, 0.6) is 0 Å². The summed E-state index contributed by atoms with van der Waals surface area (Å²) >= 11 is 0. The van der Waals surface area contributed by atoms with Crippen LogP contribution < -0.4 is 5.32 Å². The van der Waals surface area contributed by atoms with Crippen molar-refractivity contribution in [2.24, 2.45) is 5.41 Å². The molecular formula is C22H22F8N4O2. The lowest BCUT2D eigenvalue weighted by Crippen LogP contribution is -2.51. The highest BCUT2D eigenvalue weighted by Gasteiger charge is 2.46. The molecule has 6 nitrogen and oxygen atoms in total. The summed E-state index contributed by atoms with van der Waals surface area (Å²) in [4.78, 5) is 18.2. The Morgan fingerprint density at radius 2 is 1.67 bits per heavy atom. The Morgan fingerprint density at radius 1 is 1.06 bits per heavy atom. The smallest absolute Gasteiger partial charge is 0.475 e. The number of benzene rings is 1. The van der Waals surface area contributed by atoms with Crippen molar-refractivity contribution < 1.29 is 45.0 Å². The number of carboxylic acids is 1. The van der Waals surface area contributed by atoms with Crippen molar-refractivity contribution >= 4 is 11.8 Å². The Bertz CT molecular complexity index is 1060. The van der Waals surface area contributed by atoms with E-state index < -0.39 is 35.7 Å². The second-order valence-electron chi connectivity index (χ2n) is 8.85. The van der Waals surface area contributed by atoms with Gasteiger partial charge in [0.1, 0.15) is 29.5 Å². The number of hydrogen-bond donors (Lipinski definition) is 2. The van der Waals surface area contributed by atoms with Crippen LogP contribution in [0.25, 0.3) is 0 Å². The molecule has 2 aliphatic rings. The standard InChI is InChI=1S/C20H21F5N4.C2HF3O2/c21-14-1-2-16(22)13(7-14)11-29-5-3-19(4-6-29)9-15(10-19)28-18-8-17(20(23,24)25)26-12-27-18;3-2(4,5)1(6)7/h1-2,7-8,12,15H,3-6,9-11H2,(H,26,27,28);(H,6,7). The van der Waals surface area contributed by atoms with Crippen LogP contribution in [0.3, 0.4) is 0 Å². The third-order valence-corrected chi connectivity index (χ3v) is 6.23. The van der Waals surface area contributed by atoms with E-state index in [0.29, 0.717) is 12.1 Å². The fourth-order valence-corrected chi connectivity index (χ4v) is 4.39. The fourth-order valence-electron chi connectivity index (χ4n) is 4.39. The first-order valence-electron chi connectivity index (χ1n) is 10.8. The SMILES string of the molecule is Fc1ccc(F)c(CN2CCC3(CC2)CC(Nc2cc(C(F)(F)F)ncn2)C3)c1.O=C(O)C(F)(F)F. The van der Waals surface area contributed by atoms with Gasteiger partial charge in [0, 0.05) is 24.2 Å². The number of nitrogens with one attached hydrogen (secondary N) is 1. The molecule has 2 N–H and O–H groups in total. The monoisotopic (exact) mass is 526 g/mol. The number of aromatic nitrogens is 2. The number of likely N-dealkylation sites (tertiary alicyclic amines) is 1. The first-order valence-corrected chi connectivity index (χ1v) is 10.8. The van der Waals surface area contributed by atoms with Gasteiger partial charge in [-0.05, 0) is 62.4 Å². The topological polar surface area (TPSA) is 78.3 Å². The van der Waals surface area contributed by atoms with E-state index >= 15 is 0 Å².